The third kappa shape index (κ3) is 4.42. The van der Waals surface area contributed by atoms with Gasteiger partial charge in [-0.15, -0.1) is 0 Å². The summed E-state index contributed by atoms with van der Waals surface area (Å²) in [6, 6.07) is 9.64. The van der Waals surface area contributed by atoms with Crippen LogP contribution in [-0.2, 0) is 4.74 Å². The van der Waals surface area contributed by atoms with E-state index in [1.807, 2.05) is 35.2 Å². The van der Waals surface area contributed by atoms with E-state index >= 15 is 0 Å². The number of alkyl halides is 3. The number of benzene rings is 1. The van der Waals surface area contributed by atoms with E-state index in [1.165, 1.54) is 0 Å². The van der Waals surface area contributed by atoms with E-state index in [0.29, 0.717) is 19.1 Å². The number of rotatable bonds is 7. The smallest absolute Gasteiger partial charge is 0.372 e. The highest BCUT2D eigenvalue weighted by atomic mass is 19.4. The van der Waals surface area contributed by atoms with Crippen LogP contribution in [0.3, 0.4) is 0 Å². The molecule has 1 saturated heterocycles. The van der Waals surface area contributed by atoms with Gasteiger partial charge in [0.15, 0.2) is 0 Å². The minimum absolute atomic E-state index is 0.00361. The summed E-state index contributed by atoms with van der Waals surface area (Å²) < 4.78 is 46.8. The highest BCUT2D eigenvalue weighted by Crippen LogP contribution is 2.52. The molecule has 1 aliphatic heterocycles. The van der Waals surface area contributed by atoms with Crippen LogP contribution in [0.1, 0.15) is 0 Å². The van der Waals surface area contributed by atoms with E-state index in [2.05, 4.69) is 30.4 Å². The highest BCUT2D eigenvalue weighted by Gasteiger charge is 2.56. The summed E-state index contributed by atoms with van der Waals surface area (Å²) in [6.45, 7) is 0.133. The summed E-state index contributed by atoms with van der Waals surface area (Å²) in [7, 11) is 0. The van der Waals surface area contributed by atoms with Crippen LogP contribution < -0.4 is 16.0 Å². The lowest BCUT2D eigenvalue weighted by molar-refractivity contribution is -0.175. The van der Waals surface area contributed by atoms with Crippen molar-refractivity contribution >= 4 is 23.6 Å². The van der Waals surface area contributed by atoms with Crippen molar-refractivity contribution in [3.63, 3.8) is 0 Å². The molecule has 10 nitrogen and oxygen atoms in total. The Hall–Kier alpha value is -3.48. The van der Waals surface area contributed by atoms with Crippen LogP contribution in [0.2, 0.25) is 0 Å². The lowest BCUT2D eigenvalue weighted by Gasteiger charge is -2.16. The van der Waals surface area contributed by atoms with Crippen molar-refractivity contribution < 1.29 is 22.4 Å². The molecule has 3 heterocycles. The first kappa shape index (κ1) is 20.4. The molecule has 13 heteroatoms. The summed E-state index contributed by atoms with van der Waals surface area (Å²) in [5, 5.41) is 6.98. The second-order valence-corrected chi connectivity index (χ2v) is 7.76. The number of hydrogen-bond acceptors (Lipinski definition) is 10. The van der Waals surface area contributed by atoms with Gasteiger partial charge in [0.05, 0.1) is 6.61 Å². The lowest BCUT2D eigenvalue weighted by Crippen LogP contribution is -2.26. The Balaban J connectivity index is 1.21. The molecule has 3 aromatic rings. The Morgan fingerprint density at radius 3 is 2.53 bits per heavy atom. The van der Waals surface area contributed by atoms with Crippen molar-refractivity contribution in [1.29, 1.82) is 0 Å². The van der Waals surface area contributed by atoms with E-state index in [9.17, 15) is 13.2 Å². The molecule has 3 N–H and O–H groups in total. The van der Waals surface area contributed by atoms with Gasteiger partial charge in [0.25, 0.3) is 0 Å². The molecule has 2 fully saturated rings. The third-order valence-corrected chi connectivity index (χ3v) is 5.52. The molecule has 2 aromatic heterocycles. The lowest BCUT2D eigenvalue weighted by atomic mass is 10.3. The van der Waals surface area contributed by atoms with Crippen molar-refractivity contribution in [2.24, 2.45) is 17.8 Å². The van der Waals surface area contributed by atoms with E-state index in [1.54, 1.807) is 0 Å². The number of anilines is 4. The first-order valence-electron chi connectivity index (χ1n) is 9.93. The number of nitrogens with one attached hydrogen (secondary N) is 1. The monoisotopic (exact) mass is 448 g/mol. The third-order valence-electron chi connectivity index (χ3n) is 5.52. The quantitative estimate of drug-likeness (QED) is 0.556. The number of ether oxygens (including phenoxy) is 1. The van der Waals surface area contributed by atoms with Crippen LogP contribution in [-0.4, -0.2) is 57.6 Å². The number of hydrogen-bond donors (Lipinski definition) is 2. The maximum absolute atomic E-state index is 12.2. The number of halogens is 3. The van der Waals surface area contributed by atoms with Gasteiger partial charge in [0.2, 0.25) is 23.5 Å². The molecular weight excluding hydrogens is 429 g/mol. The van der Waals surface area contributed by atoms with Crippen molar-refractivity contribution in [3.05, 3.63) is 30.3 Å². The van der Waals surface area contributed by atoms with Crippen LogP contribution in [0.4, 0.5) is 36.8 Å². The number of nitrogens with zero attached hydrogens (tertiary/aromatic N) is 6. The molecule has 5 rings (SSSR count). The van der Waals surface area contributed by atoms with E-state index in [0.717, 1.165) is 5.69 Å². The Kier molecular flexibility index (Phi) is 5.04. The van der Waals surface area contributed by atoms with Gasteiger partial charge in [-0.3, -0.25) is 0 Å². The Morgan fingerprint density at radius 1 is 1.06 bits per heavy atom. The zero-order valence-electron chi connectivity index (χ0n) is 16.7. The predicted octanol–water partition coefficient (Wildman–Crippen LogP) is 2.51. The summed E-state index contributed by atoms with van der Waals surface area (Å²) in [5.74, 6) is 1.22. The molecule has 1 saturated carbocycles. The first-order chi connectivity index (χ1) is 15.4. The van der Waals surface area contributed by atoms with Gasteiger partial charge in [-0.25, -0.2) is 0 Å². The van der Waals surface area contributed by atoms with Crippen molar-refractivity contribution in [2.75, 3.05) is 42.3 Å². The molecule has 1 aliphatic carbocycles. The SMILES string of the molecule is Nc1nc(Nc2ccccc2)nc(-c2noc(N3C[C@@H]4C(COCC(F)(F)F)[C@@H]4C3)n2)n1. The first-order valence-corrected chi connectivity index (χ1v) is 9.93. The second kappa shape index (κ2) is 7.89. The van der Waals surface area contributed by atoms with E-state index < -0.39 is 12.8 Å². The number of para-hydroxylation sites is 1. The predicted molar refractivity (Wildman–Crippen MR) is 107 cm³/mol. The molecule has 3 atom stereocenters. The Bertz CT molecular complexity index is 1080. The number of piperidine rings is 1. The van der Waals surface area contributed by atoms with Gasteiger partial charge < -0.3 is 25.2 Å². The maximum atomic E-state index is 12.2. The molecule has 0 spiro atoms. The van der Waals surface area contributed by atoms with Gasteiger partial charge >= 0.3 is 12.2 Å². The van der Waals surface area contributed by atoms with E-state index in [-0.39, 0.29) is 47.9 Å². The molecular formula is C19H19F3N8O2. The average molecular weight is 448 g/mol. The zero-order chi connectivity index (χ0) is 22.3. The van der Waals surface area contributed by atoms with E-state index in [4.69, 9.17) is 15.0 Å². The molecule has 0 radical (unpaired) electrons. The van der Waals surface area contributed by atoms with Crippen molar-refractivity contribution in [2.45, 2.75) is 6.18 Å². The molecule has 168 valence electrons. The topological polar surface area (TPSA) is 128 Å². The molecule has 0 amide bonds. The van der Waals surface area contributed by atoms with Gasteiger partial charge in [0, 0.05) is 18.8 Å². The minimum Gasteiger partial charge on any atom is -0.372 e. The number of nitrogen functional groups attached to an aromatic ring is 1. The highest BCUT2D eigenvalue weighted by molar-refractivity contribution is 5.57. The average Bonchev–Trinajstić information content (AvgIpc) is 3.13. The molecule has 32 heavy (non-hydrogen) atoms. The zero-order valence-corrected chi connectivity index (χ0v) is 16.7. The Morgan fingerprint density at radius 2 is 1.81 bits per heavy atom. The van der Waals surface area contributed by atoms with Gasteiger partial charge in [0.1, 0.15) is 6.61 Å². The van der Waals surface area contributed by atoms with Crippen LogP contribution in [0, 0.1) is 17.8 Å². The molecule has 2 aliphatic rings. The Labute approximate surface area is 180 Å². The summed E-state index contributed by atoms with van der Waals surface area (Å²) in [4.78, 5) is 18.7. The van der Waals surface area contributed by atoms with Crippen LogP contribution in [0.25, 0.3) is 11.6 Å². The standard InChI is InChI=1S/C19H19F3N8O2/c20-19(21,22)9-31-8-13-11-6-30(7-12(11)13)18-27-15(29-32-18)14-25-16(23)28-17(26-14)24-10-4-2-1-3-5-10/h1-5,11-13H,6-9H2,(H3,23,24,25,26,28)/t11-,12+,13?. The summed E-state index contributed by atoms with van der Waals surface area (Å²) in [6.07, 6.45) is -4.30. The largest absolute Gasteiger partial charge is 0.411 e. The van der Waals surface area contributed by atoms with Gasteiger partial charge in [-0.1, -0.05) is 23.4 Å². The number of fused-ring (bicyclic) bond motifs is 1. The number of nitrogens with two attached hydrogens (primary N) is 1. The van der Waals surface area contributed by atoms with Crippen molar-refractivity contribution in [3.8, 4) is 11.6 Å². The van der Waals surface area contributed by atoms with Crippen molar-refractivity contribution in [1.82, 2.24) is 25.1 Å². The fraction of sp³-hybridized carbons (Fsp3) is 0.421. The minimum atomic E-state index is -4.30. The van der Waals surface area contributed by atoms with Crippen LogP contribution in [0.5, 0.6) is 0 Å². The fourth-order valence-corrected chi connectivity index (χ4v) is 4.00. The molecule has 0 bridgehead atoms. The summed E-state index contributed by atoms with van der Waals surface area (Å²) >= 11 is 0. The van der Waals surface area contributed by atoms with Crippen LogP contribution in [0.15, 0.2) is 34.9 Å². The summed E-state index contributed by atoms with van der Waals surface area (Å²) in [5.41, 5.74) is 6.58. The number of aromatic nitrogens is 5. The van der Waals surface area contributed by atoms with Gasteiger partial charge in [-0.2, -0.15) is 33.1 Å². The molecule has 1 unspecified atom stereocenters. The normalized spacial score (nSPS) is 22.1. The molecule has 1 aromatic carbocycles. The van der Waals surface area contributed by atoms with Crippen LogP contribution >= 0.6 is 0 Å². The fourth-order valence-electron chi connectivity index (χ4n) is 4.00. The second-order valence-electron chi connectivity index (χ2n) is 7.76. The van der Waals surface area contributed by atoms with Gasteiger partial charge in [-0.05, 0) is 29.9 Å². The maximum Gasteiger partial charge on any atom is 0.411 e.